The Morgan fingerprint density at radius 1 is 1.28 bits per heavy atom. The molecule has 0 spiro atoms. The van der Waals surface area contributed by atoms with Gasteiger partial charge in [-0.2, -0.15) is 0 Å². The molecular weight excluding hydrogens is 248 g/mol. The maximum Gasteiger partial charge on any atom is 0.158 e. The van der Waals surface area contributed by atoms with E-state index < -0.39 is 0 Å². The van der Waals surface area contributed by atoms with Gasteiger partial charge in [0.15, 0.2) is 6.29 Å². The minimum absolute atomic E-state index is 0.0139. The summed E-state index contributed by atoms with van der Waals surface area (Å²) in [4.78, 5) is 0. The lowest BCUT2D eigenvalue weighted by Crippen LogP contribution is -2.22. The van der Waals surface area contributed by atoms with E-state index in [4.69, 9.17) is 21.1 Å². The van der Waals surface area contributed by atoms with Crippen molar-refractivity contribution in [3.63, 3.8) is 0 Å². The summed E-state index contributed by atoms with van der Waals surface area (Å²) in [5.74, 6) is 0.608. The smallest absolute Gasteiger partial charge is 0.158 e. The predicted molar refractivity (Wildman–Crippen MR) is 77.0 cm³/mol. The normalized spacial score (nSPS) is 22.3. The summed E-state index contributed by atoms with van der Waals surface area (Å²) in [6.45, 7) is 5.76. The van der Waals surface area contributed by atoms with Gasteiger partial charge in [-0.05, 0) is 46.0 Å². The van der Waals surface area contributed by atoms with Gasteiger partial charge in [0.1, 0.15) is 0 Å². The van der Waals surface area contributed by atoms with Gasteiger partial charge >= 0.3 is 0 Å². The highest BCUT2D eigenvalue weighted by molar-refractivity contribution is 6.18. The second-order valence-electron chi connectivity index (χ2n) is 4.90. The van der Waals surface area contributed by atoms with E-state index in [1.807, 2.05) is 0 Å². The van der Waals surface area contributed by atoms with Crippen LogP contribution < -0.4 is 0 Å². The molecular formula is C15H25ClO2. The zero-order valence-corrected chi connectivity index (χ0v) is 12.3. The van der Waals surface area contributed by atoms with Gasteiger partial charge in [-0.1, -0.05) is 23.3 Å². The summed E-state index contributed by atoms with van der Waals surface area (Å²) in [5.41, 5.74) is 2.63. The molecule has 0 radical (unpaired) electrons. The van der Waals surface area contributed by atoms with E-state index in [0.717, 1.165) is 25.9 Å². The Morgan fingerprint density at radius 2 is 2.11 bits per heavy atom. The van der Waals surface area contributed by atoms with Gasteiger partial charge in [-0.15, -0.1) is 11.6 Å². The van der Waals surface area contributed by atoms with Crippen LogP contribution in [0.15, 0.2) is 23.3 Å². The van der Waals surface area contributed by atoms with Crippen molar-refractivity contribution in [2.45, 2.75) is 52.2 Å². The topological polar surface area (TPSA) is 18.5 Å². The molecule has 1 fully saturated rings. The highest BCUT2D eigenvalue weighted by Gasteiger charge is 2.13. The monoisotopic (exact) mass is 272 g/mol. The molecule has 0 bridgehead atoms. The second kappa shape index (κ2) is 9.60. The van der Waals surface area contributed by atoms with Crippen LogP contribution in [0.25, 0.3) is 0 Å². The molecule has 1 saturated heterocycles. The van der Waals surface area contributed by atoms with Crippen molar-refractivity contribution in [1.82, 2.24) is 0 Å². The molecule has 0 aromatic heterocycles. The zero-order valence-electron chi connectivity index (χ0n) is 11.6. The highest BCUT2D eigenvalue weighted by Crippen LogP contribution is 2.15. The average molecular weight is 273 g/mol. The highest BCUT2D eigenvalue weighted by atomic mass is 35.5. The lowest BCUT2D eigenvalue weighted by Gasteiger charge is -2.22. The molecule has 1 atom stereocenters. The standard InChI is InChI=1S/C15H25ClO2/c1-13(9-10-16)6-5-7-14(2)12-18-15-8-3-4-11-17-15/h7,9,15H,3-6,8,10-12H2,1-2H3/b13-9+,14-7+. The zero-order chi connectivity index (χ0) is 13.2. The van der Waals surface area contributed by atoms with Crippen LogP contribution in [0.5, 0.6) is 0 Å². The van der Waals surface area contributed by atoms with Crippen molar-refractivity contribution in [2.24, 2.45) is 0 Å². The van der Waals surface area contributed by atoms with Gasteiger partial charge in [0.2, 0.25) is 0 Å². The van der Waals surface area contributed by atoms with E-state index in [1.165, 1.54) is 24.0 Å². The third-order valence-electron chi connectivity index (χ3n) is 3.09. The van der Waals surface area contributed by atoms with Crippen LogP contribution >= 0.6 is 11.6 Å². The first kappa shape index (κ1) is 15.7. The maximum atomic E-state index is 5.72. The van der Waals surface area contributed by atoms with Crippen molar-refractivity contribution in [3.8, 4) is 0 Å². The summed E-state index contributed by atoms with van der Waals surface area (Å²) in [7, 11) is 0. The van der Waals surface area contributed by atoms with E-state index in [-0.39, 0.29) is 6.29 Å². The van der Waals surface area contributed by atoms with Crippen LogP contribution in [0.3, 0.4) is 0 Å². The van der Waals surface area contributed by atoms with Gasteiger partial charge in [-0.25, -0.2) is 0 Å². The predicted octanol–water partition coefficient (Wildman–Crippen LogP) is 4.44. The van der Waals surface area contributed by atoms with E-state index in [2.05, 4.69) is 26.0 Å². The fourth-order valence-electron chi connectivity index (χ4n) is 1.91. The first-order valence-corrected chi connectivity index (χ1v) is 7.36. The maximum absolute atomic E-state index is 5.72. The van der Waals surface area contributed by atoms with Gasteiger partial charge in [-0.3, -0.25) is 0 Å². The molecule has 18 heavy (non-hydrogen) atoms. The number of rotatable bonds is 7. The quantitative estimate of drug-likeness (QED) is 0.504. The Hall–Kier alpha value is -0.310. The first-order valence-electron chi connectivity index (χ1n) is 6.83. The van der Waals surface area contributed by atoms with E-state index in [1.54, 1.807) is 0 Å². The Balaban J connectivity index is 2.14. The Bertz CT molecular complexity index is 278. The number of hydrogen-bond acceptors (Lipinski definition) is 2. The molecule has 1 aliphatic rings. The molecule has 1 unspecified atom stereocenters. The molecule has 2 nitrogen and oxygen atoms in total. The molecule has 0 N–H and O–H groups in total. The third-order valence-corrected chi connectivity index (χ3v) is 3.25. The Labute approximate surface area is 116 Å². The fraction of sp³-hybridized carbons (Fsp3) is 0.733. The first-order chi connectivity index (χ1) is 8.72. The number of hydrogen-bond donors (Lipinski definition) is 0. The molecule has 1 aliphatic heterocycles. The molecule has 0 aromatic rings. The van der Waals surface area contributed by atoms with E-state index in [9.17, 15) is 0 Å². The van der Waals surface area contributed by atoms with Crippen LogP contribution in [0.4, 0.5) is 0 Å². The number of allylic oxidation sites excluding steroid dienone is 3. The Kier molecular flexibility index (Phi) is 8.40. The third kappa shape index (κ3) is 7.20. The molecule has 0 aliphatic carbocycles. The van der Waals surface area contributed by atoms with Gasteiger partial charge in [0.25, 0.3) is 0 Å². The van der Waals surface area contributed by atoms with E-state index >= 15 is 0 Å². The van der Waals surface area contributed by atoms with Crippen LogP contribution in [-0.2, 0) is 9.47 Å². The molecule has 3 heteroatoms. The lowest BCUT2D eigenvalue weighted by molar-refractivity contribution is -0.156. The molecule has 0 amide bonds. The number of ether oxygens (including phenoxy) is 2. The average Bonchev–Trinajstić information content (AvgIpc) is 2.38. The fourth-order valence-corrected chi connectivity index (χ4v) is 2.17. The number of halogens is 1. The van der Waals surface area contributed by atoms with Crippen LogP contribution in [0, 0.1) is 0 Å². The number of alkyl halides is 1. The summed E-state index contributed by atoms with van der Waals surface area (Å²) in [6.07, 6.45) is 9.87. The van der Waals surface area contributed by atoms with Crippen molar-refractivity contribution < 1.29 is 9.47 Å². The second-order valence-corrected chi connectivity index (χ2v) is 5.21. The molecule has 0 saturated carbocycles. The van der Waals surface area contributed by atoms with E-state index in [0.29, 0.717) is 12.5 Å². The molecule has 104 valence electrons. The summed E-state index contributed by atoms with van der Waals surface area (Å²) in [5, 5.41) is 0. The van der Waals surface area contributed by atoms with Gasteiger partial charge in [0, 0.05) is 12.5 Å². The van der Waals surface area contributed by atoms with Crippen molar-refractivity contribution in [3.05, 3.63) is 23.3 Å². The minimum atomic E-state index is 0.0139. The van der Waals surface area contributed by atoms with Crippen LogP contribution in [0.2, 0.25) is 0 Å². The van der Waals surface area contributed by atoms with Crippen LogP contribution in [-0.4, -0.2) is 25.4 Å². The van der Waals surface area contributed by atoms with Crippen molar-refractivity contribution >= 4 is 11.6 Å². The van der Waals surface area contributed by atoms with Gasteiger partial charge < -0.3 is 9.47 Å². The summed E-state index contributed by atoms with van der Waals surface area (Å²) >= 11 is 5.65. The van der Waals surface area contributed by atoms with Crippen LogP contribution in [0.1, 0.15) is 46.0 Å². The minimum Gasteiger partial charge on any atom is -0.353 e. The SMILES string of the molecule is C/C(=C\CCl)CC/C=C(\C)COC1CCCCO1. The molecule has 0 aromatic carbocycles. The summed E-state index contributed by atoms with van der Waals surface area (Å²) in [6, 6.07) is 0. The van der Waals surface area contributed by atoms with Crippen molar-refractivity contribution in [1.29, 1.82) is 0 Å². The molecule has 1 heterocycles. The largest absolute Gasteiger partial charge is 0.353 e. The Morgan fingerprint density at radius 3 is 2.78 bits per heavy atom. The lowest BCUT2D eigenvalue weighted by atomic mass is 10.1. The molecule has 1 rings (SSSR count). The van der Waals surface area contributed by atoms with Crippen molar-refractivity contribution in [2.75, 3.05) is 19.1 Å². The summed E-state index contributed by atoms with van der Waals surface area (Å²) < 4.78 is 11.3. The van der Waals surface area contributed by atoms with Gasteiger partial charge in [0.05, 0.1) is 6.61 Å².